The molecule has 0 unspecified atom stereocenters. The quantitative estimate of drug-likeness (QED) is 0.406. The SMILES string of the molecule is CCC(CC)(CC(=O)c1c(C)nn2c1N[C@@H](c1ccccc1)CC2(C)C)c1ccc(O)cc1. The number of phenolic OH excluding ortho intramolecular Hbond substituents is 1. The molecule has 4 rings (SSSR count). The zero-order valence-corrected chi connectivity index (χ0v) is 20.4. The summed E-state index contributed by atoms with van der Waals surface area (Å²) in [5.74, 6) is 1.18. The first-order valence-electron chi connectivity index (χ1n) is 11.9. The van der Waals surface area contributed by atoms with Crippen LogP contribution in [-0.4, -0.2) is 20.7 Å². The van der Waals surface area contributed by atoms with Crippen molar-refractivity contribution in [3.63, 3.8) is 0 Å². The number of hydrogen-bond acceptors (Lipinski definition) is 4. The van der Waals surface area contributed by atoms with Gasteiger partial charge >= 0.3 is 0 Å². The molecular weight excluding hydrogens is 410 g/mol. The van der Waals surface area contributed by atoms with Crippen LogP contribution in [0.5, 0.6) is 5.75 Å². The van der Waals surface area contributed by atoms with Crippen LogP contribution >= 0.6 is 0 Å². The zero-order valence-electron chi connectivity index (χ0n) is 20.4. The van der Waals surface area contributed by atoms with E-state index in [2.05, 4.69) is 57.3 Å². The number of rotatable bonds is 7. The molecular formula is C28H35N3O2. The fraction of sp³-hybridized carbons (Fsp3) is 0.429. The molecule has 2 aromatic carbocycles. The second kappa shape index (κ2) is 8.69. The Morgan fingerprint density at radius 3 is 2.36 bits per heavy atom. The van der Waals surface area contributed by atoms with Crippen LogP contribution in [0.4, 0.5) is 5.82 Å². The molecule has 2 heterocycles. The molecule has 0 spiro atoms. The number of carbonyl (C=O) groups is 1. The third-order valence-corrected chi connectivity index (χ3v) is 7.46. The van der Waals surface area contributed by atoms with Crippen molar-refractivity contribution in [2.45, 2.75) is 77.3 Å². The molecule has 0 aliphatic carbocycles. The summed E-state index contributed by atoms with van der Waals surface area (Å²) >= 11 is 0. The number of Topliss-reactive ketones (excluding diaryl/α,β-unsaturated/α-hetero) is 1. The van der Waals surface area contributed by atoms with Crippen molar-refractivity contribution in [2.75, 3.05) is 5.32 Å². The molecule has 1 aliphatic heterocycles. The highest BCUT2D eigenvalue weighted by molar-refractivity contribution is 6.02. The topological polar surface area (TPSA) is 67.2 Å². The first kappa shape index (κ1) is 23.1. The van der Waals surface area contributed by atoms with E-state index in [1.807, 2.05) is 29.8 Å². The van der Waals surface area contributed by atoms with Crippen LogP contribution in [0.3, 0.4) is 0 Å². The molecule has 3 aromatic rings. The molecule has 2 N–H and O–H groups in total. The van der Waals surface area contributed by atoms with Gasteiger partial charge < -0.3 is 10.4 Å². The maximum atomic E-state index is 13.9. The van der Waals surface area contributed by atoms with Gasteiger partial charge in [-0.1, -0.05) is 56.3 Å². The van der Waals surface area contributed by atoms with E-state index >= 15 is 0 Å². The van der Waals surface area contributed by atoms with Crippen LogP contribution in [0, 0.1) is 6.92 Å². The third kappa shape index (κ3) is 4.17. The van der Waals surface area contributed by atoms with Crippen LogP contribution in [0.25, 0.3) is 0 Å². The number of anilines is 1. The molecule has 0 bridgehead atoms. The van der Waals surface area contributed by atoms with Crippen molar-refractivity contribution >= 4 is 11.6 Å². The van der Waals surface area contributed by atoms with Gasteiger partial charge in [0.05, 0.1) is 22.8 Å². The highest BCUT2D eigenvalue weighted by Gasteiger charge is 2.39. The Kier molecular flexibility index (Phi) is 6.08. The van der Waals surface area contributed by atoms with E-state index in [1.54, 1.807) is 12.1 Å². The molecule has 0 fully saturated rings. The smallest absolute Gasteiger partial charge is 0.169 e. The van der Waals surface area contributed by atoms with Crippen molar-refractivity contribution < 1.29 is 9.90 Å². The Labute approximate surface area is 196 Å². The summed E-state index contributed by atoms with van der Waals surface area (Å²) in [5.41, 5.74) is 3.29. The highest BCUT2D eigenvalue weighted by atomic mass is 16.3. The summed E-state index contributed by atoms with van der Waals surface area (Å²) in [6, 6.07) is 17.9. The molecule has 0 amide bonds. The third-order valence-electron chi connectivity index (χ3n) is 7.46. The molecule has 5 heteroatoms. The van der Waals surface area contributed by atoms with Crippen LogP contribution < -0.4 is 5.32 Å². The van der Waals surface area contributed by atoms with E-state index in [0.29, 0.717) is 12.0 Å². The average molecular weight is 446 g/mol. The minimum Gasteiger partial charge on any atom is -0.508 e. The Balaban J connectivity index is 1.72. The van der Waals surface area contributed by atoms with Gasteiger partial charge in [-0.05, 0) is 63.3 Å². The second-order valence-corrected chi connectivity index (χ2v) is 9.98. The van der Waals surface area contributed by atoms with Crippen LogP contribution in [-0.2, 0) is 11.0 Å². The monoisotopic (exact) mass is 445 g/mol. The van der Waals surface area contributed by atoms with Gasteiger partial charge in [-0.2, -0.15) is 5.10 Å². The largest absolute Gasteiger partial charge is 0.508 e. The highest BCUT2D eigenvalue weighted by Crippen LogP contribution is 2.43. The summed E-state index contributed by atoms with van der Waals surface area (Å²) in [7, 11) is 0. The number of phenols is 1. The average Bonchev–Trinajstić information content (AvgIpc) is 3.15. The normalized spacial score (nSPS) is 17.3. The number of aromatic nitrogens is 2. The van der Waals surface area contributed by atoms with E-state index in [-0.39, 0.29) is 28.5 Å². The second-order valence-electron chi connectivity index (χ2n) is 9.98. The van der Waals surface area contributed by atoms with E-state index < -0.39 is 0 Å². The number of carbonyl (C=O) groups excluding carboxylic acids is 1. The molecule has 33 heavy (non-hydrogen) atoms. The van der Waals surface area contributed by atoms with Gasteiger partial charge in [0, 0.05) is 11.8 Å². The number of hydrogen-bond donors (Lipinski definition) is 2. The Morgan fingerprint density at radius 2 is 1.76 bits per heavy atom. The molecule has 0 radical (unpaired) electrons. The molecule has 174 valence electrons. The number of aryl methyl sites for hydroxylation is 1. The zero-order chi connectivity index (χ0) is 23.8. The van der Waals surface area contributed by atoms with E-state index in [4.69, 9.17) is 5.10 Å². The van der Waals surface area contributed by atoms with Crippen molar-refractivity contribution in [3.05, 3.63) is 77.0 Å². The number of aromatic hydroxyl groups is 1. The Hall–Kier alpha value is -3.08. The molecule has 1 aliphatic rings. The first-order chi connectivity index (χ1) is 15.7. The van der Waals surface area contributed by atoms with Crippen LogP contribution in [0.2, 0.25) is 0 Å². The van der Waals surface area contributed by atoms with Crippen LogP contribution in [0.15, 0.2) is 54.6 Å². The molecule has 0 saturated heterocycles. The van der Waals surface area contributed by atoms with Gasteiger partial charge in [0.25, 0.3) is 0 Å². The number of nitrogens with zero attached hydrogens (tertiary/aromatic N) is 2. The fourth-order valence-electron chi connectivity index (χ4n) is 5.34. The minimum absolute atomic E-state index is 0.113. The van der Waals surface area contributed by atoms with Gasteiger partial charge in [0.15, 0.2) is 5.78 Å². The predicted molar refractivity (Wildman–Crippen MR) is 133 cm³/mol. The first-order valence-corrected chi connectivity index (χ1v) is 11.9. The summed E-state index contributed by atoms with van der Waals surface area (Å²) in [6.07, 6.45) is 2.98. The van der Waals surface area contributed by atoms with Crippen molar-refractivity contribution in [3.8, 4) is 5.75 Å². The van der Waals surface area contributed by atoms with Crippen molar-refractivity contribution in [2.24, 2.45) is 0 Å². The Bertz CT molecular complexity index is 1130. The molecule has 0 saturated carbocycles. The van der Waals surface area contributed by atoms with Gasteiger partial charge in [0.2, 0.25) is 0 Å². The van der Waals surface area contributed by atoms with E-state index in [9.17, 15) is 9.90 Å². The van der Waals surface area contributed by atoms with Crippen LogP contribution in [0.1, 0.15) is 86.6 Å². The predicted octanol–water partition coefficient (Wildman–Crippen LogP) is 6.52. The molecule has 1 aromatic heterocycles. The van der Waals surface area contributed by atoms with Crippen molar-refractivity contribution in [1.82, 2.24) is 9.78 Å². The van der Waals surface area contributed by atoms with Crippen molar-refractivity contribution in [1.29, 1.82) is 0 Å². The maximum absolute atomic E-state index is 13.9. The van der Waals surface area contributed by atoms with Gasteiger partial charge in [-0.3, -0.25) is 4.79 Å². The molecule has 5 nitrogen and oxygen atoms in total. The van der Waals surface area contributed by atoms with E-state index in [0.717, 1.165) is 36.3 Å². The standard InChI is InChI=1S/C28H35N3O2/c1-6-28(7-2,21-13-15-22(32)16-14-21)18-24(33)25-19(3)30-31-26(25)29-23(17-27(31,4)5)20-11-9-8-10-12-20/h8-16,23,29,32H,6-7,17-18H2,1-5H3/t23-/m1/s1. The van der Waals surface area contributed by atoms with E-state index in [1.165, 1.54) is 5.56 Å². The summed E-state index contributed by atoms with van der Waals surface area (Å²) < 4.78 is 2.01. The summed E-state index contributed by atoms with van der Waals surface area (Å²) in [6.45, 7) is 10.6. The Morgan fingerprint density at radius 1 is 1.12 bits per heavy atom. The number of nitrogens with one attached hydrogen (secondary N) is 1. The van der Waals surface area contributed by atoms with Gasteiger partial charge in [-0.15, -0.1) is 0 Å². The summed E-state index contributed by atoms with van der Waals surface area (Å²) in [4.78, 5) is 13.9. The lowest BCUT2D eigenvalue weighted by Crippen LogP contribution is -2.38. The fourth-order valence-corrected chi connectivity index (χ4v) is 5.34. The minimum atomic E-state index is -0.283. The molecule has 1 atom stereocenters. The number of fused-ring (bicyclic) bond motifs is 1. The lowest BCUT2D eigenvalue weighted by molar-refractivity contribution is 0.0944. The summed E-state index contributed by atoms with van der Waals surface area (Å²) in [5, 5.41) is 18.2. The van der Waals surface area contributed by atoms with Gasteiger partial charge in [-0.25, -0.2) is 4.68 Å². The maximum Gasteiger partial charge on any atom is 0.169 e. The number of ketones is 1. The van der Waals surface area contributed by atoms with Gasteiger partial charge in [0.1, 0.15) is 11.6 Å². The lowest BCUT2D eigenvalue weighted by Gasteiger charge is -2.38. The number of benzene rings is 2. The lowest BCUT2D eigenvalue weighted by atomic mass is 9.71.